The fourth-order valence-electron chi connectivity index (χ4n) is 2.23. The molecule has 0 radical (unpaired) electrons. The number of β-amino-alcohol motifs (C(OH)–C–C–N with tert-alkyl or cyclic N) is 1. The van der Waals surface area contributed by atoms with Crippen LogP contribution in [0.15, 0.2) is 12.1 Å². The topological polar surface area (TPSA) is 61.8 Å². The highest BCUT2D eigenvalue weighted by Crippen LogP contribution is 2.37. The maximum absolute atomic E-state index is 13.5. The molecule has 2 rings (SSSR count). The maximum Gasteiger partial charge on any atom is 0.419 e. The van der Waals surface area contributed by atoms with Gasteiger partial charge in [-0.15, -0.1) is 0 Å². The van der Waals surface area contributed by atoms with Crippen LogP contribution in [-0.2, 0) is 0 Å². The van der Waals surface area contributed by atoms with Gasteiger partial charge in [-0.25, -0.2) is 13.6 Å². The number of benzene rings is 1. The van der Waals surface area contributed by atoms with Gasteiger partial charge >= 0.3 is 12.2 Å². The normalized spacial score (nSPS) is 21.4. The van der Waals surface area contributed by atoms with Gasteiger partial charge in [0.25, 0.3) is 0 Å². The van der Waals surface area contributed by atoms with Crippen LogP contribution >= 0.6 is 0 Å². The fourth-order valence-corrected chi connectivity index (χ4v) is 2.23. The molecule has 0 bridgehead atoms. The molecule has 10 heteroatoms. The number of halogens is 5. The maximum atomic E-state index is 13.5. The number of carbonyl (C=O) groups excluding carboxylic acids is 1. The van der Waals surface area contributed by atoms with E-state index in [1.165, 1.54) is 0 Å². The van der Waals surface area contributed by atoms with Gasteiger partial charge in [0, 0.05) is 30.8 Å². The van der Waals surface area contributed by atoms with Crippen molar-refractivity contribution in [1.29, 1.82) is 0 Å². The van der Waals surface area contributed by atoms with E-state index in [-0.39, 0.29) is 12.2 Å². The number of aliphatic hydroxyl groups is 1. The van der Waals surface area contributed by atoms with Gasteiger partial charge in [0.05, 0.1) is 13.7 Å². The van der Waals surface area contributed by atoms with Gasteiger partial charge in [0.2, 0.25) is 0 Å². The number of rotatable bonds is 2. The van der Waals surface area contributed by atoms with E-state index >= 15 is 0 Å². The Balaban J connectivity index is 2.09. The number of amides is 2. The summed E-state index contributed by atoms with van der Waals surface area (Å²) >= 11 is 0. The van der Waals surface area contributed by atoms with E-state index in [0.717, 1.165) is 19.2 Å². The number of likely N-dealkylation sites (tertiary alicyclic amines) is 1. The molecule has 0 aromatic heterocycles. The Bertz CT molecular complexity index is 599. The van der Waals surface area contributed by atoms with E-state index in [0.29, 0.717) is 4.90 Å². The largest absolute Gasteiger partial charge is 0.491 e. The molecule has 1 fully saturated rings. The molecule has 128 valence electrons. The molecule has 0 aliphatic carbocycles. The molecule has 1 saturated heterocycles. The molecule has 1 heterocycles. The molecule has 1 aliphatic heterocycles. The number of ether oxygens (including phenoxy) is 1. The smallest absolute Gasteiger partial charge is 0.419 e. The average Bonchev–Trinajstić information content (AvgIpc) is 2.82. The van der Waals surface area contributed by atoms with Gasteiger partial charge < -0.3 is 20.1 Å². The summed E-state index contributed by atoms with van der Waals surface area (Å²) in [5.41, 5.74) is -3.27. The Labute approximate surface area is 127 Å². The second-order valence-electron chi connectivity index (χ2n) is 5.10. The Morgan fingerprint density at radius 1 is 1.35 bits per heavy atom. The number of carbonyl (C=O) groups is 1. The van der Waals surface area contributed by atoms with E-state index in [9.17, 15) is 31.9 Å². The first kappa shape index (κ1) is 17.3. The van der Waals surface area contributed by atoms with Crippen LogP contribution in [0.2, 0.25) is 0 Å². The molecule has 5 nitrogen and oxygen atoms in total. The molecular formula is C13H13F5N2O3. The van der Waals surface area contributed by atoms with Crippen LogP contribution in [-0.4, -0.2) is 48.0 Å². The van der Waals surface area contributed by atoms with Gasteiger partial charge in [-0.1, -0.05) is 0 Å². The minimum Gasteiger partial charge on any atom is -0.491 e. The summed E-state index contributed by atoms with van der Waals surface area (Å²) in [5.74, 6) is -2.79. The summed E-state index contributed by atoms with van der Waals surface area (Å²) in [6, 6.07) is 0.534. The number of hydrogen-bond acceptors (Lipinski definition) is 3. The first-order chi connectivity index (χ1) is 10.6. The second-order valence-corrected chi connectivity index (χ2v) is 5.10. The van der Waals surface area contributed by atoms with Gasteiger partial charge in [-0.3, -0.25) is 0 Å². The molecule has 0 spiro atoms. The number of hydrogen-bond donors (Lipinski definition) is 2. The number of nitrogens with zero attached hydrogens (tertiary/aromatic N) is 1. The lowest BCUT2D eigenvalue weighted by Gasteiger charge is -2.26. The van der Waals surface area contributed by atoms with Crippen LogP contribution < -0.4 is 10.1 Å². The van der Waals surface area contributed by atoms with Crippen molar-refractivity contribution in [2.24, 2.45) is 0 Å². The van der Waals surface area contributed by atoms with E-state index < -0.39 is 48.2 Å². The predicted molar refractivity (Wildman–Crippen MR) is 69.1 cm³/mol. The van der Waals surface area contributed by atoms with Crippen LogP contribution in [0.25, 0.3) is 0 Å². The quantitative estimate of drug-likeness (QED) is 0.814. The summed E-state index contributed by atoms with van der Waals surface area (Å²) in [4.78, 5) is 12.6. The number of methoxy groups -OCH3 is 1. The van der Waals surface area contributed by atoms with Crippen LogP contribution in [0.3, 0.4) is 0 Å². The third-order valence-electron chi connectivity index (χ3n) is 3.52. The first-order valence-corrected chi connectivity index (χ1v) is 6.45. The number of urea groups is 1. The molecule has 1 aliphatic rings. The zero-order chi connectivity index (χ0) is 17.4. The van der Waals surface area contributed by atoms with Gasteiger partial charge in [-0.05, 0) is 0 Å². The Kier molecular flexibility index (Phi) is 4.38. The van der Waals surface area contributed by atoms with Crippen LogP contribution in [0, 0.1) is 11.6 Å². The number of nitrogens with one attached hydrogen (secondary N) is 1. The summed E-state index contributed by atoms with van der Waals surface area (Å²) in [7, 11) is 1.06. The van der Waals surface area contributed by atoms with Crippen LogP contribution in [0.1, 0.15) is 6.42 Å². The van der Waals surface area contributed by atoms with Crippen molar-refractivity contribution >= 4 is 11.7 Å². The second kappa shape index (κ2) is 5.84. The van der Waals surface area contributed by atoms with Crippen molar-refractivity contribution in [3.05, 3.63) is 23.8 Å². The summed E-state index contributed by atoms with van der Waals surface area (Å²) in [6.45, 7) is -1.30. The summed E-state index contributed by atoms with van der Waals surface area (Å²) in [6.07, 6.45) is -5.55. The third kappa shape index (κ3) is 3.31. The fraction of sp³-hybridized carbons (Fsp3) is 0.462. The molecule has 2 amide bonds. The highest BCUT2D eigenvalue weighted by molar-refractivity contribution is 5.89. The zero-order valence-corrected chi connectivity index (χ0v) is 11.9. The Morgan fingerprint density at radius 2 is 1.91 bits per heavy atom. The van der Waals surface area contributed by atoms with Crippen molar-refractivity contribution in [3.63, 3.8) is 0 Å². The summed E-state index contributed by atoms with van der Waals surface area (Å²) in [5, 5.41) is 11.6. The molecule has 2 N–H and O–H groups in total. The number of anilines is 1. The van der Waals surface area contributed by atoms with Crippen LogP contribution in [0.5, 0.6) is 5.75 Å². The minimum atomic E-state index is -4.87. The minimum absolute atomic E-state index is 0.284. The third-order valence-corrected chi connectivity index (χ3v) is 3.52. The molecular weight excluding hydrogens is 327 g/mol. The van der Waals surface area contributed by atoms with Gasteiger partial charge in [0.1, 0.15) is 0 Å². The molecule has 0 unspecified atom stereocenters. The van der Waals surface area contributed by atoms with E-state index in [4.69, 9.17) is 0 Å². The van der Waals surface area contributed by atoms with E-state index in [2.05, 4.69) is 10.1 Å². The zero-order valence-electron chi connectivity index (χ0n) is 11.9. The average molecular weight is 340 g/mol. The highest BCUT2D eigenvalue weighted by Gasteiger charge is 2.57. The first-order valence-electron chi connectivity index (χ1n) is 6.45. The van der Waals surface area contributed by atoms with Gasteiger partial charge in [-0.2, -0.15) is 13.2 Å². The standard InChI is InChI=1S/C13H13F5N2O3/c1-23-10-8(14)4-7(5-9(10)15)19-11(21)20-3-2-12(22,6-20)13(16,17)18/h4-5,22H,2-3,6H2,1H3,(H,19,21)/t12-/m0/s1. The number of alkyl halides is 3. The lowest BCUT2D eigenvalue weighted by atomic mass is 10.0. The van der Waals surface area contributed by atoms with Gasteiger partial charge in [0.15, 0.2) is 23.0 Å². The van der Waals surface area contributed by atoms with E-state index in [1.54, 1.807) is 0 Å². The lowest BCUT2D eigenvalue weighted by molar-refractivity contribution is -0.253. The molecule has 1 atom stereocenters. The van der Waals surface area contributed by atoms with Crippen molar-refractivity contribution in [2.45, 2.75) is 18.2 Å². The predicted octanol–water partition coefficient (Wildman–Crippen LogP) is 2.50. The molecule has 23 heavy (non-hydrogen) atoms. The highest BCUT2D eigenvalue weighted by atomic mass is 19.4. The van der Waals surface area contributed by atoms with Crippen molar-refractivity contribution in [3.8, 4) is 5.75 Å². The van der Waals surface area contributed by atoms with Crippen molar-refractivity contribution in [1.82, 2.24) is 4.90 Å². The molecule has 0 saturated carbocycles. The van der Waals surface area contributed by atoms with Crippen molar-refractivity contribution < 1.29 is 36.6 Å². The lowest BCUT2D eigenvalue weighted by Crippen LogP contribution is -2.48. The Hall–Kier alpha value is -2.10. The SMILES string of the molecule is COc1c(F)cc(NC(=O)N2CC[C@@](O)(C(F)(F)F)C2)cc1F. The molecule has 1 aromatic rings. The van der Waals surface area contributed by atoms with E-state index in [1.807, 2.05) is 0 Å². The Morgan fingerprint density at radius 3 is 2.35 bits per heavy atom. The van der Waals surface area contributed by atoms with Crippen molar-refractivity contribution in [2.75, 3.05) is 25.5 Å². The summed E-state index contributed by atoms with van der Waals surface area (Å²) < 4.78 is 69.5. The van der Waals surface area contributed by atoms with Crippen LogP contribution in [0.4, 0.5) is 32.4 Å². The molecule has 1 aromatic carbocycles. The monoisotopic (exact) mass is 340 g/mol.